The fourth-order valence-corrected chi connectivity index (χ4v) is 2.15. The number of benzene rings is 1. The number of anilines is 1. The van der Waals surface area contributed by atoms with E-state index in [2.05, 4.69) is 10.6 Å². The molecule has 0 heterocycles. The van der Waals surface area contributed by atoms with Gasteiger partial charge in [0, 0.05) is 18.2 Å². The molecule has 116 valence electrons. The zero-order valence-corrected chi connectivity index (χ0v) is 12.4. The zero-order chi connectivity index (χ0) is 15.6. The molecule has 0 bridgehead atoms. The van der Waals surface area contributed by atoms with E-state index in [9.17, 15) is 13.6 Å². The molecule has 0 spiro atoms. The predicted molar refractivity (Wildman–Crippen MR) is 76.2 cm³/mol. The highest BCUT2D eigenvalue weighted by molar-refractivity contribution is 5.68. The molecule has 0 saturated heterocycles. The van der Waals surface area contributed by atoms with Crippen molar-refractivity contribution in [1.29, 1.82) is 0 Å². The Morgan fingerprint density at radius 3 is 2.48 bits per heavy atom. The molecule has 0 radical (unpaired) electrons. The number of rotatable bonds is 3. The van der Waals surface area contributed by atoms with Crippen LogP contribution in [0.3, 0.4) is 0 Å². The van der Waals surface area contributed by atoms with Crippen molar-refractivity contribution < 1.29 is 18.3 Å². The highest BCUT2D eigenvalue weighted by atomic mass is 19.1. The van der Waals surface area contributed by atoms with E-state index in [1.807, 2.05) is 0 Å². The lowest BCUT2D eigenvalue weighted by Gasteiger charge is -2.37. The molecule has 0 aromatic heterocycles. The maximum Gasteiger partial charge on any atom is 0.407 e. The van der Waals surface area contributed by atoms with Gasteiger partial charge in [0.25, 0.3) is 0 Å². The first-order valence-corrected chi connectivity index (χ1v) is 6.94. The van der Waals surface area contributed by atoms with Crippen molar-refractivity contribution in [2.45, 2.75) is 51.3 Å². The topological polar surface area (TPSA) is 50.4 Å². The van der Waals surface area contributed by atoms with Crippen LogP contribution in [0.5, 0.6) is 0 Å². The molecule has 1 aliphatic rings. The van der Waals surface area contributed by atoms with Crippen LogP contribution in [0.15, 0.2) is 18.2 Å². The van der Waals surface area contributed by atoms with Gasteiger partial charge in [-0.25, -0.2) is 13.6 Å². The summed E-state index contributed by atoms with van der Waals surface area (Å²) in [6.45, 7) is 5.40. The molecule has 0 atom stereocenters. The lowest BCUT2D eigenvalue weighted by Crippen LogP contribution is -2.50. The first-order valence-electron chi connectivity index (χ1n) is 6.94. The summed E-state index contributed by atoms with van der Waals surface area (Å²) in [4.78, 5) is 11.6. The predicted octanol–water partition coefficient (Wildman–Crippen LogP) is 3.43. The van der Waals surface area contributed by atoms with E-state index in [0.29, 0.717) is 12.8 Å². The van der Waals surface area contributed by atoms with Crippen LogP contribution in [0.4, 0.5) is 19.3 Å². The van der Waals surface area contributed by atoms with Gasteiger partial charge in [-0.2, -0.15) is 0 Å². The summed E-state index contributed by atoms with van der Waals surface area (Å²) in [6.07, 6.45) is 0.908. The van der Waals surface area contributed by atoms with Crippen LogP contribution in [0, 0.1) is 11.6 Å². The van der Waals surface area contributed by atoms with Crippen molar-refractivity contribution in [2.24, 2.45) is 0 Å². The van der Waals surface area contributed by atoms with Gasteiger partial charge in [0.05, 0.1) is 5.69 Å². The highest BCUT2D eigenvalue weighted by Crippen LogP contribution is 2.26. The minimum absolute atomic E-state index is 0.0147. The normalized spacial score (nSPS) is 21.4. The van der Waals surface area contributed by atoms with E-state index in [-0.39, 0.29) is 17.8 Å². The van der Waals surface area contributed by atoms with Gasteiger partial charge >= 0.3 is 6.09 Å². The van der Waals surface area contributed by atoms with Crippen LogP contribution in [-0.4, -0.2) is 23.8 Å². The monoisotopic (exact) mass is 298 g/mol. The molecule has 1 aromatic carbocycles. The molecular formula is C15H20F2N2O2. The Bertz CT molecular complexity index is 523. The number of alkyl carbamates (subject to hydrolysis) is 1. The Labute approximate surface area is 122 Å². The van der Waals surface area contributed by atoms with Crippen LogP contribution in [0.2, 0.25) is 0 Å². The highest BCUT2D eigenvalue weighted by Gasteiger charge is 2.32. The van der Waals surface area contributed by atoms with Gasteiger partial charge in [-0.1, -0.05) is 0 Å². The second-order valence-electron chi connectivity index (χ2n) is 6.28. The Kier molecular flexibility index (Phi) is 4.34. The van der Waals surface area contributed by atoms with Gasteiger partial charge in [0.15, 0.2) is 0 Å². The molecule has 1 aliphatic carbocycles. The molecular weight excluding hydrogens is 278 g/mol. The van der Waals surface area contributed by atoms with Crippen LogP contribution < -0.4 is 10.6 Å². The molecule has 2 N–H and O–H groups in total. The summed E-state index contributed by atoms with van der Waals surface area (Å²) in [6, 6.07) is 3.50. The molecule has 0 unspecified atom stereocenters. The number of halogens is 2. The SMILES string of the molecule is CC(C)(C)OC(=O)NC1CC(Nc2ccc(F)cc2F)C1. The number of ether oxygens (including phenoxy) is 1. The largest absolute Gasteiger partial charge is 0.444 e. The third kappa shape index (κ3) is 4.58. The Balaban J connectivity index is 1.75. The van der Waals surface area contributed by atoms with Crippen LogP contribution >= 0.6 is 0 Å². The quantitative estimate of drug-likeness (QED) is 0.899. The van der Waals surface area contributed by atoms with Crippen molar-refractivity contribution in [3.63, 3.8) is 0 Å². The van der Waals surface area contributed by atoms with Crippen molar-refractivity contribution >= 4 is 11.8 Å². The standard InChI is InChI=1S/C15H20F2N2O2/c1-15(2,3)21-14(20)19-11-7-10(8-11)18-13-5-4-9(16)6-12(13)17/h4-6,10-11,18H,7-8H2,1-3H3,(H,19,20). The zero-order valence-electron chi connectivity index (χ0n) is 12.4. The molecule has 0 aliphatic heterocycles. The van der Waals surface area contributed by atoms with Crippen molar-refractivity contribution in [2.75, 3.05) is 5.32 Å². The van der Waals surface area contributed by atoms with Gasteiger partial charge in [0.1, 0.15) is 17.2 Å². The fourth-order valence-electron chi connectivity index (χ4n) is 2.15. The molecule has 1 aromatic rings. The number of hydrogen-bond acceptors (Lipinski definition) is 3. The summed E-state index contributed by atoms with van der Waals surface area (Å²) >= 11 is 0. The summed E-state index contributed by atoms with van der Waals surface area (Å²) in [5.74, 6) is -1.21. The van der Waals surface area contributed by atoms with E-state index in [1.54, 1.807) is 20.8 Å². The van der Waals surface area contributed by atoms with E-state index < -0.39 is 23.3 Å². The number of hydrogen-bond donors (Lipinski definition) is 2. The number of amides is 1. The molecule has 1 amide bonds. The van der Waals surface area contributed by atoms with E-state index >= 15 is 0 Å². The van der Waals surface area contributed by atoms with Gasteiger partial charge in [-0.3, -0.25) is 0 Å². The number of carbonyl (C=O) groups excluding carboxylic acids is 1. The third-order valence-corrected chi connectivity index (χ3v) is 3.15. The second-order valence-corrected chi connectivity index (χ2v) is 6.28. The Morgan fingerprint density at radius 2 is 1.90 bits per heavy atom. The smallest absolute Gasteiger partial charge is 0.407 e. The van der Waals surface area contributed by atoms with Crippen LogP contribution in [0.25, 0.3) is 0 Å². The van der Waals surface area contributed by atoms with Gasteiger partial charge in [-0.15, -0.1) is 0 Å². The number of carbonyl (C=O) groups is 1. The molecule has 1 fully saturated rings. The lowest BCUT2D eigenvalue weighted by atomic mass is 9.86. The Morgan fingerprint density at radius 1 is 1.24 bits per heavy atom. The van der Waals surface area contributed by atoms with Crippen molar-refractivity contribution in [1.82, 2.24) is 5.32 Å². The summed E-state index contributed by atoms with van der Waals surface area (Å²) in [7, 11) is 0. The summed E-state index contributed by atoms with van der Waals surface area (Å²) in [5, 5.41) is 5.75. The molecule has 1 saturated carbocycles. The van der Waals surface area contributed by atoms with Gasteiger partial charge in [0.2, 0.25) is 0 Å². The lowest BCUT2D eigenvalue weighted by molar-refractivity contribution is 0.0475. The van der Waals surface area contributed by atoms with Crippen LogP contribution in [-0.2, 0) is 4.74 Å². The van der Waals surface area contributed by atoms with Crippen LogP contribution in [0.1, 0.15) is 33.6 Å². The van der Waals surface area contributed by atoms with E-state index in [4.69, 9.17) is 4.74 Å². The minimum atomic E-state index is -0.612. The minimum Gasteiger partial charge on any atom is -0.444 e. The van der Waals surface area contributed by atoms with Crippen molar-refractivity contribution in [3.05, 3.63) is 29.8 Å². The summed E-state index contributed by atoms with van der Waals surface area (Å²) in [5.41, 5.74) is -0.250. The molecule has 21 heavy (non-hydrogen) atoms. The molecule has 4 nitrogen and oxygen atoms in total. The van der Waals surface area contributed by atoms with E-state index in [0.717, 1.165) is 6.07 Å². The second kappa shape index (κ2) is 5.87. The fraction of sp³-hybridized carbons (Fsp3) is 0.533. The average molecular weight is 298 g/mol. The third-order valence-electron chi connectivity index (χ3n) is 3.15. The first-order chi connectivity index (χ1) is 9.73. The van der Waals surface area contributed by atoms with Gasteiger partial charge in [-0.05, 0) is 45.7 Å². The maximum atomic E-state index is 13.5. The molecule has 2 rings (SSSR count). The first kappa shape index (κ1) is 15.5. The average Bonchev–Trinajstić information content (AvgIpc) is 2.26. The van der Waals surface area contributed by atoms with E-state index in [1.165, 1.54) is 12.1 Å². The summed E-state index contributed by atoms with van der Waals surface area (Å²) < 4.78 is 31.4. The maximum absolute atomic E-state index is 13.5. The van der Waals surface area contributed by atoms with Gasteiger partial charge < -0.3 is 15.4 Å². The van der Waals surface area contributed by atoms with Crippen molar-refractivity contribution in [3.8, 4) is 0 Å². The number of nitrogens with one attached hydrogen (secondary N) is 2. The molecule has 6 heteroatoms. The Hall–Kier alpha value is -1.85.